The third-order valence-electron chi connectivity index (χ3n) is 2.06. The van der Waals surface area contributed by atoms with E-state index in [1.54, 1.807) is 17.0 Å². The number of aromatic carboxylic acids is 1. The zero-order valence-electron chi connectivity index (χ0n) is 7.80. The number of carbonyl (C=O) groups excluding carboxylic acids is 1. The minimum atomic E-state index is -0.909. The molecule has 1 aliphatic heterocycles. The maximum absolute atomic E-state index is 11.3. The number of nitrogens with zero attached hydrogens (tertiary/aromatic N) is 1. The van der Waals surface area contributed by atoms with Crippen LogP contribution in [0.2, 0.25) is 0 Å². The normalized spacial score (nSPS) is 16.0. The third kappa shape index (κ3) is 2.32. The van der Waals surface area contributed by atoms with Crippen LogP contribution < -0.4 is 0 Å². The molecule has 1 aromatic heterocycles. The van der Waals surface area contributed by atoms with Crippen LogP contribution >= 0.6 is 23.1 Å². The third-order valence-corrected chi connectivity index (χ3v) is 4.01. The largest absolute Gasteiger partial charge is 0.477 e. The summed E-state index contributed by atoms with van der Waals surface area (Å²) in [6.45, 7) is 1.29. The molecule has 4 nitrogen and oxygen atoms in total. The number of carboxylic acids is 1. The molecule has 0 radical (unpaired) electrons. The van der Waals surface area contributed by atoms with Gasteiger partial charge in [-0.2, -0.15) is 0 Å². The molecule has 0 aliphatic carbocycles. The van der Waals surface area contributed by atoms with Crippen molar-refractivity contribution in [3.63, 3.8) is 0 Å². The Bertz CT molecular complexity index is 402. The van der Waals surface area contributed by atoms with E-state index in [-0.39, 0.29) is 5.24 Å². The van der Waals surface area contributed by atoms with Crippen LogP contribution in [0.4, 0.5) is 4.79 Å². The number of thioether (sulfide) groups is 1. The lowest BCUT2D eigenvalue weighted by Gasteiger charge is -2.12. The van der Waals surface area contributed by atoms with Gasteiger partial charge in [-0.25, -0.2) is 4.79 Å². The number of hydrogen-bond donors (Lipinski definition) is 1. The van der Waals surface area contributed by atoms with Crippen LogP contribution in [0, 0.1) is 0 Å². The standard InChI is InChI=1S/C9H9NO3S2/c11-8(12)7-2-1-6(15-7)5-10-3-4-14-9(10)13/h1-2H,3-5H2,(H,11,12). The highest BCUT2D eigenvalue weighted by Crippen LogP contribution is 2.23. The van der Waals surface area contributed by atoms with E-state index in [1.807, 2.05) is 0 Å². The Morgan fingerprint density at radius 1 is 1.53 bits per heavy atom. The monoisotopic (exact) mass is 243 g/mol. The van der Waals surface area contributed by atoms with Gasteiger partial charge in [0.2, 0.25) is 0 Å². The molecule has 0 aromatic carbocycles. The Kier molecular flexibility index (Phi) is 2.97. The molecule has 0 atom stereocenters. The SMILES string of the molecule is O=C(O)c1ccc(CN2CCSC2=O)s1. The average Bonchev–Trinajstić information content (AvgIpc) is 2.77. The molecule has 0 spiro atoms. The second kappa shape index (κ2) is 4.24. The zero-order valence-corrected chi connectivity index (χ0v) is 9.44. The molecule has 2 rings (SSSR count). The highest BCUT2D eigenvalue weighted by atomic mass is 32.2. The first-order chi connectivity index (χ1) is 7.16. The van der Waals surface area contributed by atoms with Gasteiger partial charge in [0.05, 0.1) is 6.54 Å². The minimum absolute atomic E-state index is 0.0836. The van der Waals surface area contributed by atoms with Gasteiger partial charge in [0.15, 0.2) is 0 Å². The van der Waals surface area contributed by atoms with E-state index >= 15 is 0 Å². The van der Waals surface area contributed by atoms with Crippen LogP contribution in [0.3, 0.4) is 0 Å². The molecule has 1 aliphatic rings. The van der Waals surface area contributed by atoms with Crippen LogP contribution in [0.1, 0.15) is 14.5 Å². The van der Waals surface area contributed by atoms with Crippen molar-refractivity contribution in [2.45, 2.75) is 6.54 Å². The summed E-state index contributed by atoms with van der Waals surface area (Å²) in [7, 11) is 0. The molecular formula is C9H9NO3S2. The summed E-state index contributed by atoms with van der Waals surface area (Å²) < 4.78 is 0. The first-order valence-corrected chi connectivity index (χ1v) is 6.21. The first-order valence-electron chi connectivity index (χ1n) is 4.40. The molecule has 1 saturated heterocycles. The smallest absolute Gasteiger partial charge is 0.345 e. The minimum Gasteiger partial charge on any atom is -0.477 e. The Hall–Kier alpha value is -1.01. The number of amides is 1. The number of rotatable bonds is 3. The van der Waals surface area contributed by atoms with Crippen molar-refractivity contribution >= 4 is 34.3 Å². The number of hydrogen-bond acceptors (Lipinski definition) is 4. The molecule has 0 unspecified atom stereocenters. The van der Waals surface area contributed by atoms with Crippen molar-refractivity contribution < 1.29 is 14.7 Å². The summed E-state index contributed by atoms with van der Waals surface area (Å²) in [5, 5.41) is 8.82. The van der Waals surface area contributed by atoms with Crippen molar-refractivity contribution in [2.75, 3.05) is 12.3 Å². The lowest BCUT2D eigenvalue weighted by atomic mass is 10.4. The van der Waals surface area contributed by atoms with Crippen LogP contribution in [-0.2, 0) is 6.54 Å². The zero-order chi connectivity index (χ0) is 10.8. The maximum atomic E-state index is 11.3. The first kappa shape index (κ1) is 10.5. The van der Waals surface area contributed by atoms with Gasteiger partial charge in [0, 0.05) is 17.2 Å². The molecule has 6 heteroatoms. The maximum Gasteiger partial charge on any atom is 0.345 e. The predicted octanol–water partition coefficient (Wildman–Crippen LogP) is 2.12. The van der Waals surface area contributed by atoms with Crippen molar-refractivity contribution in [3.05, 3.63) is 21.9 Å². The fourth-order valence-corrected chi connectivity index (χ4v) is 3.02. The van der Waals surface area contributed by atoms with E-state index < -0.39 is 5.97 Å². The lowest BCUT2D eigenvalue weighted by Crippen LogP contribution is -2.21. The topological polar surface area (TPSA) is 57.6 Å². The van der Waals surface area contributed by atoms with E-state index in [1.165, 1.54) is 23.1 Å². The second-order valence-corrected chi connectivity index (χ2v) is 5.32. The van der Waals surface area contributed by atoms with Crippen molar-refractivity contribution in [2.24, 2.45) is 0 Å². The Labute approximate surface area is 94.9 Å². The van der Waals surface area contributed by atoms with E-state index in [9.17, 15) is 9.59 Å². The molecule has 0 bridgehead atoms. The van der Waals surface area contributed by atoms with Gasteiger partial charge in [-0.1, -0.05) is 11.8 Å². The van der Waals surface area contributed by atoms with Gasteiger partial charge in [0.1, 0.15) is 4.88 Å². The van der Waals surface area contributed by atoms with Crippen LogP contribution in [-0.4, -0.2) is 33.5 Å². The summed E-state index contributed by atoms with van der Waals surface area (Å²) in [6.07, 6.45) is 0. The van der Waals surface area contributed by atoms with Gasteiger partial charge in [-0.15, -0.1) is 11.3 Å². The average molecular weight is 243 g/mol. The van der Waals surface area contributed by atoms with Crippen molar-refractivity contribution in [1.82, 2.24) is 4.90 Å². The van der Waals surface area contributed by atoms with Crippen LogP contribution in [0.5, 0.6) is 0 Å². The lowest BCUT2D eigenvalue weighted by molar-refractivity contribution is 0.0702. The molecule has 1 aromatic rings. The summed E-state index contributed by atoms with van der Waals surface area (Å²) in [5.74, 6) is -0.0796. The van der Waals surface area contributed by atoms with Crippen molar-refractivity contribution in [1.29, 1.82) is 0 Å². The second-order valence-electron chi connectivity index (χ2n) is 3.11. The fourth-order valence-electron chi connectivity index (χ4n) is 1.34. The van der Waals surface area contributed by atoms with Gasteiger partial charge in [-0.3, -0.25) is 4.79 Å². The van der Waals surface area contributed by atoms with E-state index in [4.69, 9.17) is 5.11 Å². The molecule has 1 N–H and O–H groups in total. The summed E-state index contributed by atoms with van der Waals surface area (Å²) >= 11 is 2.54. The predicted molar refractivity (Wildman–Crippen MR) is 59.5 cm³/mol. The summed E-state index contributed by atoms with van der Waals surface area (Å²) in [4.78, 5) is 24.9. The Morgan fingerprint density at radius 3 is 2.87 bits per heavy atom. The van der Waals surface area contributed by atoms with Gasteiger partial charge in [0.25, 0.3) is 5.24 Å². The summed E-state index contributed by atoms with van der Waals surface area (Å²) in [6, 6.07) is 3.35. The van der Waals surface area contributed by atoms with Gasteiger partial charge < -0.3 is 10.0 Å². The Balaban J connectivity index is 2.04. The van der Waals surface area contributed by atoms with E-state index in [0.29, 0.717) is 11.4 Å². The van der Waals surface area contributed by atoms with Crippen LogP contribution in [0.15, 0.2) is 12.1 Å². The van der Waals surface area contributed by atoms with Crippen LogP contribution in [0.25, 0.3) is 0 Å². The van der Waals surface area contributed by atoms with E-state index in [0.717, 1.165) is 17.2 Å². The van der Waals surface area contributed by atoms with Crippen molar-refractivity contribution in [3.8, 4) is 0 Å². The van der Waals surface area contributed by atoms with Gasteiger partial charge in [-0.05, 0) is 12.1 Å². The van der Waals surface area contributed by atoms with E-state index in [2.05, 4.69) is 0 Å². The molecular weight excluding hydrogens is 234 g/mol. The number of carbonyl (C=O) groups is 2. The highest BCUT2D eigenvalue weighted by Gasteiger charge is 2.21. The molecule has 80 valence electrons. The molecule has 2 heterocycles. The molecule has 1 fully saturated rings. The Morgan fingerprint density at radius 2 is 2.33 bits per heavy atom. The number of carboxylic acid groups (broad SMARTS) is 1. The quantitative estimate of drug-likeness (QED) is 0.883. The fraction of sp³-hybridized carbons (Fsp3) is 0.333. The highest BCUT2D eigenvalue weighted by molar-refractivity contribution is 8.13. The van der Waals surface area contributed by atoms with Gasteiger partial charge >= 0.3 is 5.97 Å². The molecule has 15 heavy (non-hydrogen) atoms. The molecule has 1 amide bonds. The summed E-state index contributed by atoms with van der Waals surface area (Å²) in [5.41, 5.74) is 0. The number of thiophene rings is 1. The molecule has 0 saturated carbocycles.